The maximum Gasteiger partial charge on any atom is 0.310 e. The summed E-state index contributed by atoms with van der Waals surface area (Å²) in [5.74, 6) is -0.676. The van der Waals surface area contributed by atoms with Crippen LogP contribution in [0.15, 0.2) is 0 Å². The fourth-order valence-electron chi connectivity index (χ4n) is 0.918. The second-order valence-corrected chi connectivity index (χ2v) is 3.31. The fraction of sp³-hybridized carbons (Fsp3) is 0.900. The summed E-state index contributed by atoms with van der Waals surface area (Å²) in [7, 11) is 0. The van der Waals surface area contributed by atoms with Gasteiger partial charge in [0.05, 0.1) is 19.1 Å². The first-order valence-electron chi connectivity index (χ1n) is 4.99. The van der Waals surface area contributed by atoms with E-state index in [2.05, 4.69) is 6.92 Å². The topological polar surface area (TPSA) is 46.5 Å². The zero-order valence-corrected chi connectivity index (χ0v) is 8.58. The van der Waals surface area contributed by atoms with Crippen molar-refractivity contribution >= 4 is 5.97 Å². The molecule has 13 heavy (non-hydrogen) atoms. The average Bonchev–Trinajstić information content (AvgIpc) is 2.16. The Kier molecular flexibility index (Phi) is 7.69. The molecule has 3 heteroatoms. The summed E-state index contributed by atoms with van der Waals surface area (Å²) in [6.07, 6.45) is 4.41. The molecule has 0 aliphatic heterocycles. The molecule has 0 saturated carbocycles. The molecule has 0 radical (unpaired) electrons. The molecule has 0 aliphatic carbocycles. The number of esters is 1. The molecule has 3 nitrogen and oxygen atoms in total. The average molecular weight is 188 g/mol. The quantitative estimate of drug-likeness (QED) is 0.489. The van der Waals surface area contributed by atoms with Crippen LogP contribution in [-0.4, -0.2) is 24.3 Å². The van der Waals surface area contributed by atoms with Crippen molar-refractivity contribution in [2.24, 2.45) is 5.92 Å². The van der Waals surface area contributed by atoms with E-state index >= 15 is 0 Å². The largest absolute Gasteiger partial charge is 0.465 e. The van der Waals surface area contributed by atoms with Gasteiger partial charge in [-0.15, -0.1) is 0 Å². The molecule has 0 aliphatic rings. The lowest BCUT2D eigenvalue weighted by Gasteiger charge is -2.08. The molecule has 0 heterocycles. The van der Waals surface area contributed by atoms with Gasteiger partial charge in [0.2, 0.25) is 0 Å². The number of ether oxygens (including phenoxy) is 1. The molecular formula is C10H20O3. The van der Waals surface area contributed by atoms with Crippen LogP contribution < -0.4 is 0 Å². The van der Waals surface area contributed by atoms with E-state index in [-0.39, 0.29) is 18.5 Å². The van der Waals surface area contributed by atoms with E-state index < -0.39 is 0 Å². The van der Waals surface area contributed by atoms with Gasteiger partial charge in [0.1, 0.15) is 0 Å². The summed E-state index contributed by atoms with van der Waals surface area (Å²) in [5, 5.41) is 8.65. The molecule has 0 aromatic heterocycles. The summed E-state index contributed by atoms with van der Waals surface area (Å²) < 4.78 is 4.94. The van der Waals surface area contributed by atoms with Crippen molar-refractivity contribution in [2.75, 3.05) is 13.2 Å². The lowest BCUT2D eigenvalue weighted by Crippen LogP contribution is -2.18. The molecule has 78 valence electrons. The molecular weight excluding hydrogens is 168 g/mol. The smallest absolute Gasteiger partial charge is 0.310 e. The van der Waals surface area contributed by atoms with E-state index in [1.54, 1.807) is 6.92 Å². The van der Waals surface area contributed by atoms with Crippen LogP contribution in [0, 0.1) is 5.92 Å². The number of rotatable bonds is 7. The Morgan fingerprint density at radius 1 is 1.38 bits per heavy atom. The highest BCUT2D eigenvalue weighted by molar-refractivity contribution is 5.72. The second kappa shape index (κ2) is 8.05. The maximum absolute atomic E-state index is 11.0. The minimum Gasteiger partial charge on any atom is -0.465 e. The number of aliphatic hydroxyl groups is 1. The van der Waals surface area contributed by atoms with Gasteiger partial charge in [0.25, 0.3) is 0 Å². The molecule has 0 fully saturated rings. The van der Waals surface area contributed by atoms with Crippen LogP contribution in [0.1, 0.15) is 39.5 Å². The third-order valence-electron chi connectivity index (χ3n) is 1.92. The van der Waals surface area contributed by atoms with Gasteiger partial charge in [-0.25, -0.2) is 0 Å². The normalized spacial score (nSPS) is 12.5. The minimum atomic E-state index is -0.383. The lowest BCUT2D eigenvalue weighted by atomic mass is 10.2. The Bertz CT molecular complexity index is 134. The van der Waals surface area contributed by atoms with Crippen molar-refractivity contribution in [3.8, 4) is 0 Å². The Labute approximate surface area is 80.1 Å². The van der Waals surface area contributed by atoms with Gasteiger partial charge < -0.3 is 9.84 Å². The first-order valence-corrected chi connectivity index (χ1v) is 4.99. The van der Waals surface area contributed by atoms with Crippen LogP contribution in [0.5, 0.6) is 0 Å². The monoisotopic (exact) mass is 188 g/mol. The first-order chi connectivity index (χ1) is 6.22. The van der Waals surface area contributed by atoms with Gasteiger partial charge >= 0.3 is 5.97 Å². The van der Waals surface area contributed by atoms with Gasteiger partial charge in [0.15, 0.2) is 0 Å². The van der Waals surface area contributed by atoms with Crippen LogP contribution in [0.4, 0.5) is 0 Å². The predicted molar refractivity (Wildman–Crippen MR) is 51.4 cm³/mol. The van der Waals surface area contributed by atoms with Gasteiger partial charge in [0, 0.05) is 0 Å². The third-order valence-corrected chi connectivity index (χ3v) is 1.92. The summed E-state index contributed by atoms with van der Waals surface area (Å²) >= 11 is 0. The zero-order chi connectivity index (χ0) is 10.1. The fourth-order valence-corrected chi connectivity index (χ4v) is 0.918. The second-order valence-electron chi connectivity index (χ2n) is 3.31. The number of unbranched alkanes of at least 4 members (excludes halogenated alkanes) is 3. The highest BCUT2D eigenvalue weighted by Crippen LogP contribution is 2.01. The molecule has 0 aromatic rings. The lowest BCUT2D eigenvalue weighted by molar-refractivity contribution is -0.149. The van der Waals surface area contributed by atoms with E-state index in [1.165, 1.54) is 12.8 Å². The molecule has 0 amide bonds. The standard InChI is InChI=1S/C10H20O3/c1-3-4-5-6-7-13-10(12)9(2)8-11/h9,11H,3-8H2,1-2H3. The Morgan fingerprint density at radius 3 is 2.62 bits per heavy atom. The van der Waals surface area contributed by atoms with Crippen molar-refractivity contribution in [2.45, 2.75) is 39.5 Å². The van der Waals surface area contributed by atoms with Crippen LogP contribution in [0.3, 0.4) is 0 Å². The predicted octanol–water partition coefficient (Wildman–Crippen LogP) is 1.74. The van der Waals surface area contributed by atoms with Crippen LogP contribution in [-0.2, 0) is 9.53 Å². The Morgan fingerprint density at radius 2 is 2.08 bits per heavy atom. The summed E-state index contributed by atoms with van der Waals surface area (Å²) in [4.78, 5) is 11.0. The first kappa shape index (κ1) is 12.4. The van der Waals surface area contributed by atoms with Crippen molar-refractivity contribution < 1.29 is 14.6 Å². The van der Waals surface area contributed by atoms with Crippen molar-refractivity contribution in [3.63, 3.8) is 0 Å². The molecule has 0 spiro atoms. The van der Waals surface area contributed by atoms with E-state index in [0.717, 1.165) is 12.8 Å². The van der Waals surface area contributed by atoms with Gasteiger partial charge in [-0.2, -0.15) is 0 Å². The van der Waals surface area contributed by atoms with Crippen molar-refractivity contribution in [3.05, 3.63) is 0 Å². The van der Waals surface area contributed by atoms with E-state index in [0.29, 0.717) is 6.61 Å². The molecule has 1 N–H and O–H groups in total. The minimum absolute atomic E-state index is 0.131. The number of carbonyl (C=O) groups excluding carboxylic acids is 1. The van der Waals surface area contributed by atoms with Gasteiger partial charge in [-0.3, -0.25) is 4.79 Å². The molecule has 0 rings (SSSR count). The Hall–Kier alpha value is -0.570. The Balaban J connectivity index is 3.27. The van der Waals surface area contributed by atoms with Crippen molar-refractivity contribution in [1.82, 2.24) is 0 Å². The molecule has 0 aromatic carbocycles. The number of carbonyl (C=O) groups is 1. The van der Waals surface area contributed by atoms with E-state index in [9.17, 15) is 4.79 Å². The maximum atomic E-state index is 11.0. The van der Waals surface area contributed by atoms with Crippen LogP contribution >= 0.6 is 0 Å². The molecule has 0 bridgehead atoms. The van der Waals surface area contributed by atoms with E-state index in [1.807, 2.05) is 0 Å². The van der Waals surface area contributed by atoms with Gasteiger partial charge in [-0.05, 0) is 13.3 Å². The van der Waals surface area contributed by atoms with Gasteiger partial charge in [-0.1, -0.05) is 26.2 Å². The zero-order valence-electron chi connectivity index (χ0n) is 8.58. The van der Waals surface area contributed by atoms with Crippen molar-refractivity contribution in [1.29, 1.82) is 0 Å². The number of aliphatic hydroxyl groups excluding tert-OH is 1. The molecule has 0 saturated heterocycles. The highest BCUT2D eigenvalue weighted by Gasteiger charge is 2.11. The van der Waals surface area contributed by atoms with Crippen LogP contribution in [0.2, 0.25) is 0 Å². The number of hydrogen-bond acceptors (Lipinski definition) is 3. The summed E-state index contributed by atoms with van der Waals surface area (Å²) in [5.41, 5.74) is 0. The molecule has 1 atom stereocenters. The SMILES string of the molecule is CCCCCCOC(=O)C(C)CO. The summed E-state index contributed by atoms with van der Waals surface area (Å²) in [6.45, 7) is 4.16. The molecule has 1 unspecified atom stereocenters. The van der Waals surface area contributed by atoms with E-state index in [4.69, 9.17) is 9.84 Å². The third kappa shape index (κ3) is 6.58. The highest BCUT2D eigenvalue weighted by atomic mass is 16.5. The number of hydrogen-bond donors (Lipinski definition) is 1. The van der Waals surface area contributed by atoms with Crippen LogP contribution in [0.25, 0.3) is 0 Å². The summed E-state index contributed by atoms with van der Waals surface area (Å²) in [6, 6.07) is 0.